The molecule has 2 aromatic carbocycles. The lowest BCUT2D eigenvalue weighted by molar-refractivity contribution is 0.168. The highest BCUT2D eigenvalue weighted by Crippen LogP contribution is 2.34. The van der Waals surface area contributed by atoms with Gasteiger partial charge in [0.25, 0.3) is 0 Å². The van der Waals surface area contributed by atoms with E-state index in [0.717, 1.165) is 42.8 Å². The van der Waals surface area contributed by atoms with Crippen LogP contribution in [0.25, 0.3) is 22.3 Å². The average Bonchev–Trinajstić information content (AvgIpc) is 2.70. The second-order valence-corrected chi connectivity index (χ2v) is 6.61. The molecule has 28 heavy (non-hydrogen) atoms. The second kappa shape index (κ2) is 9.03. The summed E-state index contributed by atoms with van der Waals surface area (Å²) < 4.78 is 21.0. The molecule has 7 heteroatoms. The Balaban J connectivity index is 0.00000225. The maximum Gasteiger partial charge on any atom is 0.219 e. The van der Waals surface area contributed by atoms with Crippen molar-refractivity contribution in [2.45, 2.75) is 18.9 Å². The van der Waals surface area contributed by atoms with Gasteiger partial charge in [-0.2, -0.15) is 13.5 Å². The van der Waals surface area contributed by atoms with Crippen LogP contribution >= 0.6 is 13.5 Å². The Morgan fingerprint density at radius 3 is 2.54 bits per heavy atom. The molecule has 2 heterocycles. The van der Waals surface area contributed by atoms with E-state index in [9.17, 15) is 4.39 Å². The molecule has 0 bridgehead atoms. The van der Waals surface area contributed by atoms with Crippen LogP contribution in [0.3, 0.4) is 0 Å². The Labute approximate surface area is 170 Å². The summed E-state index contributed by atoms with van der Waals surface area (Å²) in [4.78, 5) is 7.86. The van der Waals surface area contributed by atoms with Crippen LogP contribution in [0.15, 0.2) is 54.9 Å². The third kappa shape index (κ3) is 4.43. The van der Waals surface area contributed by atoms with Gasteiger partial charge in [0.2, 0.25) is 5.95 Å². The van der Waals surface area contributed by atoms with Crippen LogP contribution in [0.5, 0.6) is 5.75 Å². The van der Waals surface area contributed by atoms with Crippen molar-refractivity contribution in [1.29, 1.82) is 0 Å². The fourth-order valence-electron chi connectivity index (χ4n) is 3.30. The predicted molar refractivity (Wildman–Crippen MR) is 114 cm³/mol. The fourth-order valence-corrected chi connectivity index (χ4v) is 3.30. The van der Waals surface area contributed by atoms with Crippen molar-refractivity contribution in [2.75, 3.05) is 18.8 Å². The summed E-state index contributed by atoms with van der Waals surface area (Å²) in [5.41, 5.74) is 8.18. The molecule has 1 aromatic heterocycles. The number of halogens is 1. The van der Waals surface area contributed by atoms with Crippen molar-refractivity contribution in [3.63, 3.8) is 0 Å². The smallest absolute Gasteiger partial charge is 0.219 e. The number of nitrogens with one attached hydrogen (secondary N) is 1. The lowest BCUT2D eigenvalue weighted by Crippen LogP contribution is -2.37. The number of hydrogen-bond acceptors (Lipinski definition) is 5. The number of aromatic nitrogens is 2. The van der Waals surface area contributed by atoms with E-state index in [4.69, 9.17) is 10.5 Å². The van der Waals surface area contributed by atoms with Gasteiger partial charge in [-0.05, 0) is 37.1 Å². The molecule has 4 rings (SSSR count). The molecule has 1 fully saturated rings. The van der Waals surface area contributed by atoms with Crippen LogP contribution in [0.2, 0.25) is 0 Å². The molecule has 0 radical (unpaired) electrons. The molecular formula is C21H23FN4OS. The second-order valence-electron chi connectivity index (χ2n) is 6.61. The largest absolute Gasteiger partial charge is 0.488 e. The topological polar surface area (TPSA) is 73.1 Å². The summed E-state index contributed by atoms with van der Waals surface area (Å²) in [6, 6.07) is 12.9. The summed E-state index contributed by atoms with van der Waals surface area (Å²) in [5.74, 6) is 0.600. The number of hydrogen-bond donors (Lipinski definition) is 2. The summed E-state index contributed by atoms with van der Waals surface area (Å²) in [5, 5.41) is 3.35. The molecule has 1 aliphatic rings. The van der Waals surface area contributed by atoms with E-state index in [0.29, 0.717) is 11.1 Å². The standard InChI is InChI=1S/C21H21FN4O.H2S/c22-19-10-14(7-8-17(19)15-11-25-21(23)26-12-15)18-5-1-2-6-20(18)27-16-4-3-9-24-13-16;/h1-2,5-8,10-12,16,24H,3-4,9,13H2,(H2,23,25,26);1H2/t16-;/m0./s1. The molecule has 0 saturated carbocycles. The zero-order chi connectivity index (χ0) is 18.6. The Morgan fingerprint density at radius 2 is 1.82 bits per heavy atom. The first-order valence-electron chi connectivity index (χ1n) is 9.05. The maximum absolute atomic E-state index is 14.8. The zero-order valence-corrected chi connectivity index (χ0v) is 16.4. The van der Waals surface area contributed by atoms with Gasteiger partial charge in [-0.25, -0.2) is 14.4 Å². The van der Waals surface area contributed by atoms with Crippen molar-refractivity contribution < 1.29 is 9.13 Å². The minimum Gasteiger partial charge on any atom is -0.488 e. The highest BCUT2D eigenvalue weighted by molar-refractivity contribution is 7.59. The van der Waals surface area contributed by atoms with E-state index in [2.05, 4.69) is 15.3 Å². The zero-order valence-electron chi connectivity index (χ0n) is 15.4. The number of anilines is 1. The molecule has 1 atom stereocenters. The summed E-state index contributed by atoms with van der Waals surface area (Å²) in [6.07, 6.45) is 5.29. The van der Waals surface area contributed by atoms with Gasteiger partial charge in [0, 0.05) is 35.6 Å². The van der Waals surface area contributed by atoms with Crippen molar-refractivity contribution in [3.05, 3.63) is 60.7 Å². The summed E-state index contributed by atoms with van der Waals surface area (Å²) in [7, 11) is 0. The molecule has 0 amide bonds. The van der Waals surface area contributed by atoms with E-state index < -0.39 is 0 Å². The van der Waals surface area contributed by atoms with Gasteiger partial charge in [-0.1, -0.05) is 30.3 Å². The van der Waals surface area contributed by atoms with Crippen LogP contribution in [-0.4, -0.2) is 29.2 Å². The quantitative estimate of drug-likeness (QED) is 0.700. The molecule has 3 aromatic rings. The highest BCUT2D eigenvalue weighted by atomic mass is 32.1. The van der Waals surface area contributed by atoms with Crippen LogP contribution in [0.4, 0.5) is 10.3 Å². The van der Waals surface area contributed by atoms with E-state index in [1.807, 2.05) is 30.3 Å². The fraction of sp³-hybridized carbons (Fsp3) is 0.238. The third-order valence-electron chi connectivity index (χ3n) is 4.70. The van der Waals surface area contributed by atoms with Crippen molar-refractivity contribution in [3.8, 4) is 28.0 Å². The van der Waals surface area contributed by atoms with Crippen molar-refractivity contribution >= 4 is 19.4 Å². The highest BCUT2D eigenvalue weighted by Gasteiger charge is 2.17. The third-order valence-corrected chi connectivity index (χ3v) is 4.70. The van der Waals surface area contributed by atoms with E-state index >= 15 is 0 Å². The first-order valence-corrected chi connectivity index (χ1v) is 9.05. The van der Waals surface area contributed by atoms with Gasteiger partial charge in [-0.3, -0.25) is 0 Å². The average molecular weight is 399 g/mol. The Morgan fingerprint density at radius 1 is 1.04 bits per heavy atom. The lowest BCUT2D eigenvalue weighted by Gasteiger charge is -2.25. The summed E-state index contributed by atoms with van der Waals surface area (Å²) >= 11 is 0. The number of ether oxygens (including phenoxy) is 1. The van der Waals surface area contributed by atoms with Gasteiger partial charge < -0.3 is 15.8 Å². The molecule has 0 spiro atoms. The van der Waals surface area contributed by atoms with Gasteiger partial charge in [-0.15, -0.1) is 0 Å². The number of nitrogen functional groups attached to an aromatic ring is 1. The number of piperidine rings is 1. The Bertz CT molecular complexity index is 930. The SMILES string of the molecule is Nc1ncc(-c2ccc(-c3ccccc3O[C@H]3CCCNC3)cc2F)cn1.S. The van der Waals surface area contributed by atoms with Crippen LogP contribution in [0, 0.1) is 5.82 Å². The predicted octanol–water partition coefficient (Wildman–Crippen LogP) is 3.78. The van der Waals surface area contributed by atoms with Crippen molar-refractivity contribution in [2.24, 2.45) is 0 Å². The molecule has 3 N–H and O–H groups in total. The first kappa shape index (κ1) is 20.1. The van der Waals surface area contributed by atoms with Gasteiger partial charge >= 0.3 is 0 Å². The molecular weight excluding hydrogens is 375 g/mol. The molecule has 1 saturated heterocycles. The van der Waals surface area contributed by atoms with Gasteiger partial charge in [0.05, 0.1) is 0 Å². The van der Waals surface area contributed by atoms with Crippen LogP contribution in [-0.2, 0) is 0 Å². The van der Waals surface area contributed by atoms with Crippen LogP contribution in [0.1, 0.15) is 12.8 Å². The molecule has 5 nitrogen and oxygen atoms in total. The first-order chi connectivity index (χ1) is 13.2. The van der Waals surface area contributed by atoms with E-state index in [1.165, 1.54) is 18.5 Å². The van der Waals surface area contributed by atoms with E-state index in [1.54, 1.807) is 6.07 Å². The number of nitrogens with two attached hydrogens (primary N) is 1. The maximum atomic E-state index is 14.8. The lowest BCUT2D eigenvalue weighted by atomic mass is 10.00. The molecule has 0 unspecified atom stereocenters. The molecule has 146 valence electrons. The number of nitrogens with zero attached hydrogens (tertiary/aromatic N) is 2. The summed E-state index contributed by atoms with van der Waals surface area (Å²) in [6.45, 7) is 1.86. The molecule has 0 aliphatic carbocycles. The molecule has 1 aliphatic heterocycles. The number of para-hydroxylation sites is 1. The Kier molecular flexibility index (Phi) is 6.49. The number of rotatable bonds is 4. The number of benzene rings is 2. The van der Waals surface area contributed by atoms with Gasteiger partial charge in [0.1, 0.15) is 17.7 Å². The monoisotopic (exact) mass is 398 g/mol. The minimum atomic E-state index is -0.338. The minimum absolute atomic E-state index is 0. The van der Waals surface area contributed by atoms with Gasteiger partial charge in [0.15, 0.2) is 0 Å². The van der Waals surface area contributed by atoms with Crippen molar-refractivity contribution in [1.82, 2.24) is 15.3 Å². The normalized spacial score (nSPS) is 16.2. The van der Waals surface area contributed by atoms with E-state index in [-0.39, 0.29) is 31.4 Å². The Hall–Kier alpha value is -2.64. The van der Waals surface area contributed by atoms with Crippen LogP contribution < -0.4 is 15.8 Å².